The SMILES string of the molecule is CCCC(C)(C)N.I. The minimum Gasteiger partial charge on any atom is -0.326 e. The zero-order valence-electron chi connectivity index (χ0n) is 5.90. The molecule has 52 valence electrons. The predicted molar refractivity (Wildman–Crippen MR) is 48.6 cm³/mol. The third-order valence-corrected chi connectivity index (χ3v) is 0.894. The van der Waals surface area contributed by atoms with Gasteiger partial charge in [-0.15, -0.1) is 24.0 Å². The number of hydrogen-bond acceptors (Lipinski definition) is 1. The molecule has 0 aliphatic rings. The summed E-state index contributed by atoms with van der Waals surface area (Å²) in [4.78, 5) is 0. The maximum atomic E-state index is 5.65. The molecule has 0 rings (SSSR count). The van der Waals surface area contributed by atoms with Crippen molar-refractivity contribution in [3.05, 3.63) is 0 Å². The van der Waals surface area contributed by atoms with Crippen LogP contribution < -0.4 is 5.73 Å². The van der Waals surface area contributed by atoms with E-state index in [9.17, 15) is 0 Å². The van der Waals surface area contributed by atoms with Crippen molar-refractivity contribution in [1.29, 1.82) is 0 Å². The van der Waals surface area contributed by atoms with Crippen molar-refractivity contribution in [3.63, 3.8) is 0 Å². The van der Waals surface area contributed by atoms with Crippen LogP contribution in [-0.2, 0) is 0 Å². The summed E-state index contributed by atoms with van der Waals surface area (Å²) in [5.74, 6) is 0. The zero-order valence-corrected chi connectivity index (χ0v) is 8.23. The highest BCUT2D eigenvalue weighted by Crippen LogP contribution is 2.04. The normalized spacial score (nSPS) is 10.5. The maximum absolute atomic E-state index is 5.65. The Morgan fingerprint density at radius 3 is 1.75 bits per heavy atom. The molecule has 0 bridgehead atoms. The van der Waals surface area contributed by atoms with E-state index in [0.29, 0.717) is 0 Å². The van der Waals surface area contributed by atoms with Crippen LogP contribution in [-0.4, -0.2) is 5.54 Å². The first-order valence-corrected chi connectivity index (χ1v) is 2.85. The lowest BCUT2D eigenvalue weighted by atomic mass is 10.0. The molecule has 0 aliphatic carbocycles. The van der Waals surface area contributed by atoms with Crippen LogP contribution in [0.15, 0.2) is 0 Å². The monoisotopic (exact) mass is 229 g/mol. The Morgan fingerprint density at radius 1 is 1.38 bits per heavy atom. The van der Waals surface area contributed by atoms with Gasteiger partial charge in [-0.3, -0.25) is 0 Å². The van der Waals surface area contributed by atoms with Gasteiger partial charge < -0.3 is 5.73 Å². The molecule has 0 aromatic rings. The van der Waals surface area contributed by atoms with E-state index < -0.39 is 0 Å². The molecule has 0 unspecified atom stereocenters. The quantitative estimate of drug-likeness (QED) is 0.721. The summed E-state index contributed by atoms with van der Waals surface area (Å²) in [5, 5.41) is 0. The van der Waals surface area contributed by atoms with Gasteiger partial charge in [0.05, 0.1) is 0 Å². The standard InChI is InChI=1S/C6H15N.HI/c1-4-5-6(2,3)7;/h4-5,7H2,1-3H3;1H. The fourth-order valence-corrected chi connectivity index (χ4v) is 0.644. The molecule has 0 atom stereocenters. The van der Waals surface area contributed by atoms with Crippen LogP contribution >= 0.6 is 24.0 Å². The third kappa shape index (κ3) is 9.85. The Labute approximate surface area is 69.0 Å². The first kappa shape index (κ1) is 11.5. The number of hydrogen-bond donors (Lipinski definition) is 1. The predicted octanol–water partition coefficient (Wildman–Crippen LogP) is 2.14. The summed E-state index contributed by atoms with van der Waals surface area (Å²) in [6, 6.07) is 0. The van der Waals surface area contributed by atoms with Crippen LogP contribution in [0.1, 0.15) is 33.6 Å². The molecule has 0 radical (unpaired) electrons. The van der Waals surface area contributed by atoms with Gasteiger partial charge in [0.2, 0.25) is 0 Å². The molecular weight excluding hydrogens is 213 g/mol. The van der Waals surface area contributed by atoms with Gasteiger partial charge in [0.15, 0.2) is 0 Å². The zero-order chi connectivity index (χ0) is 5.91. The van der Waals surface area contributed by atoms with Crippen LogP contribution in [0.5, 0.6) is 0 Å². The molecule has 2 N–H and O–H groups in total. The number of rotatable bonds is 2. The highest BCUT2D eigenvalue weighted by molar-refractivity contribution is 14.0. The van der Waals surface area contributed by atoms with E-state index in [-0.39, 0.29) is 29.5 Å². The molecule has 0 aliphatic heterocycles. The summed E-state index contributed by atoms with van der Waals surface area (Å²) in [7, 11) is 0. The van der Waals surface area contributed by atoms with Gasteiger partial charge >= 0.3 is 0 Å². The second kappa shape index (κ2) is 4.56. The molecule has 0 amide bonds. The minimum absolute atomic E-state index is 0. The van der Waals surface area contributed by atoms with Crippen molar-refractivity contribution < 1.29 is 0 Å². The molecule has 0 spiro atoms. The fourth-order valence-electron chi connectivity index (χ4n) is 0.644. The Morgan fingerprint density at radius 2 is 1.75 bits per heavy atom. The summed E-state index contributed by atoms with van der Waals surface area (Å²) < 4.78 is 0. The summed E-state index contributed by atoms with van der Waals surface area (Å²) in [6.07, 6.45) is 2.30. The van der Waals surface area contributed by atoms with E-state index in [4.69, 9.17) is 5.73 Å². The van der Waals surface area contributed by atoms with Gasteiger partial charge in [-0.25, -0.2) is 0 Å². The van der Waals surface area contributed by atoms with E-state index in [1.807, 2.05) is 0 Å². The topological polar surface area (TPSA) is 26.0 Å². The highest BCUT2D eigenvalue weighted by Gasteiger charge is 2.06. The molecule has 0 fully saturated rings. The lowest BCUT2D eigenvalue weighted by Gasteiger charge is -2.15. The van der Waals surface area contributed by atoms with Crippen LogP contribution in [0.4, 0.5) is 0 Å². The van der Waals surface area contributed by atoms with Crippen LogP contribution in [0.25, 0.3) is 0 Å². The Kier molecular flexibility index (Phi) is 6.54. The average molecular weight is 229 g/mol. The molecule has 0 aromatic heterocycles. The lowest BCUT2D eigenvalue weighted by molar-refractivity contribution is 0.470. The van der Waals surface area contributed by atoms with Crippen molar-refractivity contribution in [2.75, 3.05) is 0 Å². The van der Waals surface area contributed by atoms with E-state index in [2.05, 4.69) is 20.8 Å². The van der Waals surface area contributed by atoms with Gasteiger partial charge in [0, 0.05) is 5.54 Å². The second-order valence-corrected chi connectivity index (χ2v) is 2.74. The first-order chi connectivity index (χ1) is 3.06. The highest BCUT2D eigenvalue weighted by atomic mass is 127. The molecule has 0 saturated heterocycles. The van der Waals surface area contributed by atoms with Gasteiger partial charge in [-0.05, 0) is 20.3 Å². The fraction of sp³-hybridized carbons (Fsp3) is 1.00. The molecule has 0 saturated carbocycles. The Hall–Kier alpha value is 0.690. The third-order valence-electron chi connectivity index (χ3n) is 0.894. The van der Waals surface area contributed by atoms with Gasteiger partial charge in [-0.1, -0.05) is 13.3 Å². The summed E-state index contributed by atoms with van der Waals surface area (Å²) in [6.45, 7) is 6.25. The van der Waals surface area contributed by atoms with E-state index >= 15 is 0 Å². The molecule has 1 nitrogen and oxygen atoms in total. The molecule has 2 heteroatoms. The number of halogens is 1. The van der Waals surface area contributed by atoms with Crippen molar-refractivity contribution >= 4 is 24.0 Å². The van der Waals surface area contributed by atoms with Crippen molar-refractivity contribution in [1.82, 2.24) is 0 Å². The van der Waals surface area contributed by atoms with Crippen molar-refractivity contribution in [3.8, 4) is 0 Å². The number of nitrogens with two attached hydrogens (primary N) is 1. The van der Waals surface area contributed by atoms with Gasteiger partial charge in [0.25, 0.3) is 0 Å². The Balaban J connectivity index is 0. The summed E-state index contributed by atoms with van der Waals surface area (Å²) in [5.41, 5.74) is 5.70. The molecular formula is C6H16IN. The first-order valence-electron chi connectivity index (χ1n) is 2.85. The van der Waals surface area contributed by atoms with Crippen LogP contribution in [0.3, 0.4) is 0 Å². The average Bonchev–Trinajstić information content (AvgIpc) is 1.30. The van der Waals surface area contributed by atoms with E-state index in [1.165, 1.54) is 6.42 Å². The lowest BCUT2D eigenvalue weighted by Crippen LogP contribution is -2.31. The van der Waals surface area contributed by atoms with Crippen LogP contribution in [0.2, 0.25) is 0 Å². The van der Waals surface area contributed by atoms with Crippen molar-refractivity contribution in [2.45, 2.75) is 39.2 Å². The molecule has 0 heterocycles. The maximum Gasteiger partial charge on any atom is 0.00969 e. The van der Waals surface area contributed by atoms with Crippen molar-refractivity contribution in [2.24, 2.45) is 5.73 Å². The summed E-state index contributed by atoms with van der Waals surface area (Å²) >= 11 is 0. The van der Waals surface area contributed by atoms with Gasteiger partial charge in [0.1, 0.15) is 0 Å². The van der Waals surface area contributed by atoms with E-state index in [0.717, 1.165) is 6.42 Å². The van der Waals surface area contributed by atoms with Gasteiger partial charge in [-0.2, -0.15) is 0 Å². The smallest absolute Gasteiger partial charge is 0.00969 e. The van der Waals surface area contributed by atoms with Crippen LogP contribution in [0, 0.1) is 0 Å². The largest absolute Gasteiger partial charge is 0.326 e. The second-order valence-electron chi connectivity index (χ2n) is 2.74. The molecule has 8 heavy (non-hydrogen) atoms. The molecule has 0 aromatic carbocycles. The minimum atomic E-state index is 0. The Bertz CT molecular complexity index is 47.0. The van der Waals surface area contributed by atoms with E-state index in [1.54, 1.807) is 0 Å².